The Morgan fingerprint density at radius 1 is 1.14 bits per heavy atom. The molecule has 0 fully saturated rings. The number of hydrogen-bond acceptors (Lipinski definition) is 2. The lowest BCUT2D eigenvalue weighted by Gasteiger charge is -2.22. The van der Waals surface area contributed by atoms with E-state index in [0.717, 1.165) is 6.42 Å². The Morgan fingerprint density at radius 3 is 2.14 bits per heavy atom. The molecule has 0 spiro atoms. The van der Waals surface area contributed by atoms with Gasteiger partial charge in [-0.2, -0.15) is 0 Å². The molecule has 3 amide bonds. The molecule has 5 heteroatoms. The van der Waals surface area contributed by atoms with Gasteiger partial charge in [-0.25, -0.2) is 4.79 Å². The predicted molar refractivity (Wildman–Crippen MR) is 85.1 cm³/mol. The van der Waals surface area contributed by atoms with E-state index in [2.05, 4.69) is 24.5 Å². The van der Waals surface area contributed by atoms with Gasteiger partial charge in [0.1, 0.15) is 6.04 Å². The van der Waals surface area contributed by atoms with Crippen LogP contribution >= 0.6 is 0 Å². The van der Waals surface area contributed by atoms with Crippen LogP contribution in [0.25, 0.3) is 0 Å². The Kier molecular flexibility index (Phi) is 6.21. The first-order chi connectivity index (χ1) is 9.85. The van der Waals surface area contributed by atoms with E-state index >= 15 is 0 Å². The number of urea groups is 1. The Morgan fingerprint density at radius 2 is 1.71 bits per heavy atom. The zero-order valence-corrected chi connectivity index (χ0v) is 13.1. The normalized spacial score (nSPS) is 13.6. The summed E-state index contributed by atoms with van der Waals surface area (Å²) in [5, 5.41) is 5.33. The van der Waals surface area contributed by atoms with E-state index in [1.165, 1.54) is 5.56 Å². The molecule has 116 valence electrons. The highest BCUT2D eigenvalue weighted by molar-refractivity contribution is 5.97. The summed E-state index contributed by atoms with van der Waals surface area (Å²) < 4.78 is 0. The van der Waals surface area contributed by atoms with Gasteiger partial charge in [0, 0.05) is 5.69 Å². The molecule has 0 aliphatic rings. The number of carbonyl (C=O) groups excluding carboxylic acids is 2. The Bertz CT molecular complexity index is 483. The van der Waals surface area contributed by atoms with Gasteiger partial charge in [0.25, 0.3) is 0 Å². The van der Waals surface area contributed by atoms with Crippen molar-refractivity contribution in [3.63, 3.8) is 0 Å². The molecular weight excluding hydrogens is 266 g/mol. The highest BCUT2D eigenvalue weighted by Gasteiger charge is 2.25. The first kappa shape index (κ1) is 17.0. The number of carbonyl (C=O) groups is 2. The van der Waals surface area contributed by atoms with Gasteiger partial charge in [-0.15, -0.1) is 0 Å². The number of benzene rings is 1. The SMILES string of the molecule is CC[C@@H](C)[C@H](NC(N)=O)C(=O)Nc1ccc(C(C)C)cc1. The fourth-order valence-electron chi connectivity index (χ4n) is 2.03. The highest BCUT2D eigenvalue weighted by atomic mass is 16.2. The van der Waals surface area contributed by atoms with E-state index in [-0.39, 0.29) is 11.8 Å². The summed E-state index contributed by atoms with van der Waals surface area (Å²) in [5.41, 5.74) is 7.06. The van der Waals surface area contributed by atoms with Crippen molar-refractivity contribution in [2.45, 2.75) is 46.1 Å². The van der Waals surface area contributed by atoms with Crippen molar-refractivity contribution < 1.29 is 9.59 Å². The van der Waals surface area contributed by atoms with Gasteiger partial charge in [0.05, 0.1) is 0 Å². The highest BCUT2D eigenvalue weighted by Crippen LogP contribution is 2.18. The van der Waals surface area contributed by atoms with Crippen LogP contribution in [0.2, 0.25) is 0 Å². The van der Waals surface area contributed by atoms with Gasteiger partial charge in [-0.3, -0.25) is 4.79 Å². The van der Waals surface area contributed by atoms with E-state index in [0.29, 0.717) is 11.6 Å². The van der Waals surface area contributed by atoms with Crippen LogP contribution in [0, 0.1) is 5.92 Å². The fourth-order valence-corrected chi connectivity index (χ4v) is 2.03. The van der Waals surface area contributed by atoms with Gasteiger partial charge in [0.2, 0.25) is 5.91 Å². The van der Waals surface area contributed by atoms with E-state index in [4.69, 9.17) is 5.73 Å². The molecule has 0 saturated carbocycles. The molecule has 0 bridgehead atoms. The molecule has 1 aromatic rings. The molecule has 21 heavy (non-hydrogen) atoms. The number of rotatable bonds is 6. The van der Waals surface area contributed by atoms with Crippen LogP contribution in [0.4, 0.5) is 10.5 Å². The van der Waals surface area contributed by atoms with Crippen LogP contribution in [0.1, 0.15) is 45.6 Å². The molecule has 5 nitrogen and oxygen atoms in total. The molecule has 1 aromatic carbocycles. The molecular formula is C16H25N3O2. The van der Waals surface area contributed by atoms with Crippen LogP contribution in [0.15, 0.2) is 24.3 Å². The number of nitrogens with two attached hydrogens (primary N) is 1. The lowest BCUT2D eigenvalue weighted by atomic mass is 9.98. The van der Waals surface area contributed by atoms with Crippen molar-refractivity contribution in [2.24, 2.45) is 11.7 Å². The van der Waals surface area contributed by atoms with Crippen LogP contribution in [-0.2, 0) is 4.79 Å². The van der Waals surface area contributed by atoms with Crippen molar-refractivity contribution in [1.82, 2.24) is 5.32 Å². The summed E-state index contributed by atoms with van der Waals surface area (Å²) in [6, 6.07) is 6.39. The molecule has 0 radical (unpaired) electrons. The maximum atomic E-state index is 12.3. The minimum Gasteiger partial charge on any atom is -0.352 e. The van der Waals surface area contributed by atoms with Gasteiger partial charge in [0.15, 0.2) is 0 Å². The third-order valence-electron chi connectivity index (χ3n) is 3.64. The lowest BCUT2D eigenvalue weighted by Crippen LogP contribution is -2.49. The molecule has 0 aromatic heterocycles. The smallest absolute Gasteiger partial charge is 0.312 e. The zero-order chi connectivity index (χ0) is 16.0. The van der Waals surface area contributed by atoms with Gasteiger partial charge < -0.3 is 16.4 Å². The molecule has 2 atom stereocenters. The van der Waals surface area contributed by atoms with Crippen LogP contribution in [-0.4, -0.2) is 18.0 Å². The number of primary amides is 1. The Hall–Kier alpha value is -2.04. The van der Waals surface area contributed by atoms with Crippen LogP contribution in [0.3, 0.4) is 0 Å². The molecule has 0 aliphatic heterocycles. The maximum Gasteiger partial charge on any atom is 0.312 e. The molecule has 4 N–H and O–H groups in total. The second-order valence-electron chi connectivity index (χ2n) is 5.64. The summed E-state index contributed by atoms with van der Waals surface area (Å²) in [7, 11) is 0. The van der Waals surface area contributed by atoms with Gasteiger partial charge in [-0.1, -0.05) is 46.2 Å². The van der Waals surface area contributed by atoms with Crippen LogP contribution in [0.5, 0.6) is 0 Å². The second-order valence-corrected chi connectivity index (χ2v) is 5.64. The standard InChI is InChI=1S/C16H25N3O2/c1-5-11(4)14(19-16(17)21)15(20)18-13-8-6-12(7-9-13)10(2)3/h6-11,14H,5H2,1-4H3,(H,18,20)(H3,17,19,21)/t11-,14+/m1/s1. The van der Waals surface area contributed by atoms with E-state index in [1.54, 1.807) is 0 Å². The van der Waals surface area contributed by atoms with Crippen molar-refractivity contribution in [3.05, 3.63) is 29.8 Å². The molecule has 0 unspecified atom stereocenters. The van der Waals surface area contributed by atoms with E-state index in [1.807, 2.05) is 38.1 Å². The largest absolute Gasteiger partial charge is 0.352 e. The predicted octanol–water partition coefficient (Wildman–Crippen LogP) is 2.83. The summed E-state index contributed by atoms with van der Waals surface area (Å²) in [6.07, 6.45) is 0.769. The average Bonchev–Trinajstić information content (AvgIpc) is 2.44. The van der Waals surface area contributed by atoms with Crippen LogP contribution < -0.4 is 16.4 Å². The van der Waals surface area contributed by atoms with E-state index < -0.39 is 12.1 Å². The van der Waals surface area contributed by atoms with Gasteiger partial charge in [-0.05, 0) is 29.5 Å². The van der Waals surface area contributed by atoms with Crippen molar-refractivity contribution in [3.8, 4) is 0 Å². The monoisotopic (exact) mass is 291 g/mol. The van der Waals surface area contributed by atoms with Crippen molar-refractivity contribution in [2.75, 3.05) is 5.32 Å². The minimum atomic E-state index is -0.689. The quantitative estimate of drug-likeness (QED) is 0.753. The molecule has 0 aliphatic carbocycles. The summed E-state index contributed by atoms with van der Waals surface area (Å²) in [5.74, 6) is 0.201. The summed E-state index contributed by atoms with van der Waals surface area (Å²) >= 11 is 0. The summed E-state index contributed by atoms with van der Waals surface area (Å²) in [4.78, 5) is 23.3. The second kappa shape index (κ2) is 7.67. The summed E-state index contributed by atoms with van der Waals surface area (Å²) in [6.45, 7) is 8.10. The number of nitrogens with one attached hydrogen (secondary N) is 2. The molecule has 0 heterocycles. The third kappa shape index (κ3) is 5.10. The fraction of sp³-hybridized carbons (Fsp3) is 0.500. The number of amides is 3. The Labute approximate surface area is 126 Å². The van der Waals surface area contributed by atoms with Crippen molar-refractivity contribution in [1.29, 1.82) is 0 Å². The first-order valence-corrected chi connectivity index (χ1v) is 7.32. The van der Waals surface area contributed by atoms with Crippen molar-refractivity contribution >= 4 is 17.6 Å². The maximum absolute atomic E-state index is 12.3. The average molecular weight is 291 g/mol. The number of hydrogen-bond donors (Lipinski definition) is 3. The Balaban J connectivity index is 2.78. The zero-order valence-electron chi connectivity index (χ0n) is 13.1. The topological polar surface area (TPSA) is 84.2 Å². The number of anilines is 1. The van der Waals surface area contributed by atoms with Gasteiger partial charge >= 0.3 is 6.03 Å². The molecule has 1 rings (SSSR count). The first-order valence-electron chi connectivity index (χ1n) is 7.32. The van der Waals surface area contributed by atoms with E-state index in [9.17, 15) is 9.59 Å². The molecule has 0 saturated heterocycles. The third-order valence-corrected chi connectivity index (χ3v) is 3.64. The lowest BCUT2D eigenvalue weighted by molar-refractivity contribution is -0.119. The minimum absolute atomic E-state index is 0.00689.